The van der Waals surface area contributed by atoms with E-state index in [0.717, 1.165) is 12.5 Å². The summed E-state index contributed by atoms with van der Waals surface area (Å²) in [6, 6.07) is 2.54. The van der Waals surface area contributed by atoms with Gasteiger partial charge in [0.25, 0.3) is 0 Å². The van der Waals surface area contributed by atoms with Gasteiger partial charge in [-0.05, 0) is 85.2 Å². The number of nitrogens with zero attached hydrogens (tertiary/aromatic N) is 2. The number of hydrogen-bond acceptors (Lipinski definition) is 4. The van der Waals surface area contributed by atoms with Gasteiger partial charge in [0.1, 0.15) is 0 Å². The van der Waals surface area contributed by atoms with Crippen molar-refractivity contribution in [2.75, 3.05) is 39.3 Å². The Morgan fingerprint density at radius 1 is 1.24 bits per heavy atom. The average Bonchev–Trinajstić information content (AvgIpc) is 3.14. The average molecular weight is 372 g/mol. The molecule has 118 valence electrons. The van der Waals surface area contributed by atoms with Gasteiger partial charge in [0, 0.05) is 22.4 Å². The lowest BCUT2D eigenvalue weighted by Gasteiger charge is -2.38. The molecule has 0 bridgehead atoms. The third-order valence-corrected chi connectivity index (χ3v) is 6.95. The van der Waals surface area contributed by atoms with E-state index in [4.69, 9.17) is 5.73 Å². The van der Waals surface area contributed by atoms with E-state index in [1.54, 1.807) is 0 Å². The minimum absolute atomic E-state index is 0.395. The van der Waals surface area contributed by atoms with Gasteiger partial charge in [0.15, 0.2) is 0 Å². The zero-order valence-corrected chi connectivity index (χ0v) is 15.0. The van der Waals surface area contributed by atoms with Gasteiger partial charge in [-0.25, -0.2) is 0 Å². The van der Waals surface area contributed by atoms with Gasteiger partial charge in [0.05, 0.1) is 6.04 Å². The number of halogens is 1. The Morgan fingerprint density at radius 3 is 2.52 bits per heavy atom. The summed E-state index contributed by atoms with van der Waals surface area (Å²) in [6.07, 6.45) is 5.47. The van der Waals surface area contributed by atoms with Gasteiger partial charge in [-0.2, -0.15) is 0 Å². The van der Waals surface area contributed by atoms with Crippen LogP contribution in [0.25, 0.3) is 0 Å². The van der Waals surface area contributed by atoms with Crippen LogP contribution in [0.15, 0.2) is 15.9 Å². The minimum atomic E-state index is 0.395. The number of likely N-dealkylation sites (tertiary alicyclic amines) is 2. The molecule has 0 spiro atoms. The zero-order valence-electron chi connectivity index (χ0n) is 12.6. The predicted octanol–water partition coefficient (Wildman–Crippen LogP) is 3.32. The van der Waals surface area contributed by atoms with Crippen LogP contribution in [0.4, 0.5) is 0 Å². The van der Waals surface area contributed by atoms with Crippen LogP contribution in [0, 0.1) is 5.92 Å². The molecular formula is C16H26BrN3S. The van der Waals surface area contributed by atoms with Crippen LogP contribution in [-0.2, 0) is 0 Å². The highest BCUT2D eigenvalue weighted by Gasteiger charge is 2.28. The fourth-order valence-corrected chi connectivity index (χ4v) is 5.53. The second-order valence-corrected chi connectivity index (χ2v) is 8.17. The molecule has 0 amide bonds. The standard InChI is InChI=1S/C16H26BrN3S/c17-14-5-10-21-16(14)15(11-18)20-8-3-13(4-9-20)12-19-6-1-2-7-19/h5,10,13,15H,1-4,6-9,11-12,18H2. The highest BCUT2D eigenvalue weighted by Crippen LogP contribution is 2.34. The van der Waals surface area contributed by atoms with Crippen molar-refractivity contribution in [1.29, 1.82) is 0 Å². The van der Waals surface area contributed by atoms with E-state index >= 15 is 0 Å². The maximum absolute atomic E-state index is 6.07. The van der Waals surface area contributed by atoms with Crippen molar-refractivity contribution in [3.63, 3.8) is 0 Å². The van der Waals surface area contributed by atoms with Gasteiger partial charge >= 0.3 is 0 Å². The second-order valence-electron chi connectivity index (χ2n) is 6.37. The molecule has 1 aromatic heterocycles. The van der Waals surface area contributed by atoms with Crippen LogP contribution < -0.4 is 5.73 Å². The normalized spacial score (nSPS) is 23.7. The molecule has 2 aliphatic heterocycles. The molecule has 2 saturated heterocycles. The van der Waals surface area contributed by atoms with E-state index in [1.807, 2.05) is 11.3 Å². The molecule has 3 rings (SSSR count). The predicted molar refractivity (Wildman–Crippen MR) is 93.8 cm³/mol. The first-order chi connectivity index (χ1) is 10.3. The summed E-state index contributed by atoms with van der Waals surface area (Å²) in [5.74, 6) is 0.893. The van der Waals surface area contributed by atoms with Crippen molar-refractivity contribution in [2.45, 2.75) is 31.7 Å². The fraction of sp³-hybridized carbons (Fsp3) is 0.750. The monoisotopic (exact) mass is 371 g/mol. The van der Waals surface area contributed by atoms with Crippen molar-refractivity contribution in [1.82, 2.24) is 9.80 Å². The Labute approximate surface area is 140 Å². The topological polar surface area (TPSA) is 32.5 Å². The SMILES string of the molecule is NCC(c1sccc1Br)N1CCC(CN2CCCC2)CC1. The van der Waals surface area contributed by atoms with E-state index in [2.05, 4.69) is 37.2 Å². The Bertz CT molecular complexity index is 436. The van der Waals surface area contributed by atoms with Crippen molar-refractivity contribution in [3.8, 4) is 0 Å². The van der Waals surface area contributed by atoms with Gasteiger partial charge in [-0.15, -0.1) is 11.3 Å². The Hall–Kier alpha value is 0.0600. The molecule has 2 fully saturated rings. The third kappa shape index (κ3) is 3.88. The molecule has 1 atom stereocenters. The van der Waals surface area contributed by atoms with E-state index in [-0.39, 0.29) is 0 Å². The number of rotatable bonds is 5. The molecule has 3 heterocycles. The highest BCUT2D eigenvalue weighted by molar-refractivity contribution is 9.10. The number of thiophene rings is 1. The molecular weight excluding hydrogens is 346 g/mol. The first kappa shape index (κ1) is 15.9. The zero-order chi connectivity index (χ0) is 14.7. The first-order valence-corrected chi connectivity index (χ1v) is 9.84. The van der Waals surface area contributed by atoms with Crippen LogP contribution in [-0.4, -0.2) is 49.1 Å². The van der Waals surface area contributed by atoms with Gasteiger partial charge in [0.2, 0.25) is 0 Å². The summed E-state index contributed by atoms with van der Waals surface area (Å²) in [4.78, 5) is 6.66. The molecule has 1 aromatic rings. The minimum Gasteiger partial charge on any atom is -0.329 e. The maximum Gasteiger partial charge on any atom is 0.0575 e. The summed E-state index contributed by atoms with van der Waals surface area (Å²) >= 11 is 5.49. The van der Waals surface area contributed by atoms with Gasteiger partial charge in [-0.3, -0.25) is 4.90 Å². The molecule has 21 heavy (non-hydrogen) atoms. The van der Waals surface area contributed by atoms with Crippen molar-refractivity contribution < 1.29 is 0 Å². The van der Waals surface area contributed by atoms with Crippen molar-refractivity contribution in [2.24, 2.45) is 11.7 Å². The Morgan fingerprint density at radius 2 is 1.95 bits per heavy atom. The Balaban J connectivity index is 1.53. The smallest absolute Gasteiger partial charge is 0.0575 e. The molecule has 0 aromatic carbocycles. The Kier molecular flexibility index (Phi) is 5.73. The molecule has 0 radical (unpaired) electrons. The molecule has 2 aliphatic rings. The summed E-state index contributed by atoms with van der Waals surface area (Å²) in [6.45, 7) is 7.09. The highest BCUT2D eigenvalue weighted by atomic mass is 79.9. The van der Waals surface area contributed by atoms with Crippen LogP contribution in [0.1, 0.15) is 36.6 Å². The summed E-state index contributed by atoms with van der Waals surface area (Å²) in [5.41, 5.74) is 6.07. The molecule has 3 nitrogen and oxygen atoms in total. The number of nitrogens with two attached hydrogens (primary N) is 1. The van der Waals surface area contributed by atoms with Crippen molar-refractivity contribution in [3.05, 3.63) is 20.8 Å². The third-order valence-electron chi connectivity index (χ3n) is 4.98. The molecule has 2 N–H and O–H groups in total. The van der Waals surface area contributed by atoms with E-state index in [1.165, 1.54) is 67.8 Å². The summed E-state index contributed by atoms with van der Waals surface area (Å²) < 4.78 is 1.22. The largest absolute Gasteiger partial charge is 0.329 e. The van der Waals surface area contributed by atoms with E-state index in [0.29, 0.717) is 6.04 Å². The number of hydrogen-bond donors (Lipinski definition) is 1. The quantitative estimate of drug-likeness (QED) is 0.861. The molecule has 0 saturated carbocycles. The lowest BCUT2D eigenvalue weighted by atomic mass is 9.95. The molecule has 1 unspecified atom stereocenters. The van der Waals surface area contributed by atoms with Gasteiger partial charge in [-0.1, -0.05) is 0 Å². The lowest BCUT2D eigenvalue weighted by Crippen LogP contribution is -2.42. The van der Waals surface area contributed by atoms with Crippen LogP contribution in [0.2, 0.25) is 0 Å². The fourth-order valence-electron chi connectivity index (χ4n) is 3.74. The molecule has 5 heteroatoms. The maximum atomic E-state index is 6.07. The molecule has 0 aliphatic carbocycles. The van der Waals surface area contributed by atoms with Crippen LogP contribution >= 0.6 is 27.3 Å². The second kappa shape index (κ2) is 7.55. The van der Waals surface area contributed by atoms with E-state index in [9.17, 15) is 0 Å². The summed E-state index contributed by atoms with van der Waals surface area (Å²) in [7, 11) is 0. The van der Waals surface area contributed by atoms with E-state index < -0.39 is 0 Å². The number of piperidine rings is 1. The summed E-state index contributed by atoms with van der Waals surface area (Å²) in [5, 5.41) is 2.15. The van der Waals surface area contributed by atoms with Crippen LogP contribution in [0.3, 0.4) is 0 Å². The van der Waals surface area contributed by atoms with Crippen molar-refractivity contribution >= 4 is 27.3 Å². The first-order valence-electron chi connectivity index (χ1n) is 8.17. The van der Waals surface area contributed by atoms with Gasteiger partial charge < -0.3 is 10.6 Å². The van der Waals surface area contributed by atoms with Crippen LogP contribution in [0.5, 0.6) is 0 Å². The lowest BCUT2D eigenvalue weighted by molar-refractivity contribution is 0.119.